The highest BCUT2D eigenvalue weighted by atomic mass is 16.6. The maximum atomic E-state index is 13.2. The number of rotatable bonds is 9. The van der Waals surface area contributed by atoms with Gasteiger partial charge < -0.3 is 30.5 Å². The van der Waals surface area contributed by atoms with Gasteiger partial charge in [-0.2, -0.15) is 0 Å². The van der Waals surface area contributed by atoms with E-state index in [4.69, 9.17) is 4.74 Å². The van der Waals surface area contributed by atoms with Gasteiger partial charge in [0.1, 0.15) is 23.9 Å². The molecule has 2 aromatic rings. The summed E-state index contributed by atoms with van der Waals surface area (Å²) in [4.78, 5) is 39.3. The lowest BCUT2D eigenvalue weighted by Gasteiger charge is -2.31. The number of alkyl carbamates (subject to hydrolysis) is 1. The quantitative estimate of drug-likeness (QED) is 0.457. The van der Waals surface area contributed by atoms with Gasteiger partial charge in [0.2, 0.25) is 11.8 Å². The second kappa shape index (κ2) is 11.9. The molecule has 0 saturated heterocycles. The van der Waals surface area contributed by atoms with Crippen LogP contribution in [0.15, 0.2) is 54.6 Å². The normalized spacial score (nSPS) is 11.9. The maximum absolute atomic E-state index is 13.2. The molecule has 178 valence electrons. The first kappa shape index (κ1) is 25.7. The Morgan fingerprint density at radius 3 is 2.33 bits per heavy atom. The molecule has 2 rings (SSSR count). The number of carbonyl (C=O) groups is 3. The fraction of sp³-hybridized carbons (Fsp3) is 0.375. The van der Waals surface area contributed by atoms with Crippen LogP contribution in [0.4, 0.5) is 4.79 Å². The lowest BCUT2D eigenvalue weighted by molar-refractivity contribution is -0.140. The predicted molar refractivity (Wildman–Crippen MR) is 122 cm³/mol. The third-order valence-corrected chi connectivity index (χ3v) is 4.50. The summed E-state index contributed by atoms with van der Waals surface area (Å²) in [6.07, 6.45) is -0.776. The molecule has 1 atom stereocenters. The van der Waals surface area contributed by atoms with E-state index in [0.717, 1.165) is 10.5 Å². The van der Waals surface area contributed by atoms with Gasteiger partial charge in [-0.1, -0.05) is 42.5 Å². The topological polar surface area (TPSA) is 128 Å². The second-order valence-corrected chi connectivity index (χ2v) is 8.37. The number of aliphatic hydroxyl groups is 1. The van der Waals surface area contributed by atoms with Gasteiger partial charge in [-0.3, -0.25) is 9.59 Å². The minimum absolute atomic E-state index is 0.0726. The Bertz CT molecular complexity index is 943. The second-order valence-electron chi connectivity index (χ2n) is 8.37. The number of phenolic OH excluding ortho intramolecular Hbond substituents is 1. The van der Waals surface area contributed by atoms with Gasteiger partial charge in [0.05, 0.1) is 6.61 Å². The first-order chi connectivity index (χ1) is 15.6. The fourth-order valence-corrected chi connectivity index (χ4v) is 3.12. The van der Waals surface area contributed by atoms with Gasteiger partial charge in [-0.15, -0.1) is 0 Å². The Morgan fingerprint density at radius 1 is 1.03 bits per heavy atom. The highest BCUT2D eigenvalue weighted by Crippen LogP contribution is 2.25. The average Bonchev–Trinajstić information content (AvgIpc) is 2.75. The molecule has 0 aliphatic carbocycles. The van der Waals surface area contributed by atoms with E-state index < -0.39 is 42.7 Å². The van der Waals surface area contributed by atoms with Crippen molar-refractivity contribution in [3.05, 3.63) is 65.7 Å². The summed E-state index contributed by atoms with van der Waals surface area (Å²) in [6, 6.07) is 14.1. The molecule has 0 aromatic heterocycles. The third-order valence-electron chi connectivity index (χ3n) is 4.50. The van der Waals surface area contributed by atoms with E-state index >= 15 is 0 Å². The van der Waals surface area contributed by atoms with Gasteiger partial charge in [0, 0.05) is 13.1 Å². The van der Waals surface area contributed by atoms with Crippen LogP contribution in [-0.2, 0) is 20.9 Å². The number of aromatic hydroxyl groups is 1. The Hall–Kier alpha value is -3.59. The predicted octanol–water partition coefficient (Wildman–Crippen LogP) is 2.10. The number of benzene rings is 2. The van der Waals surface area contributed by atoms with E-state index in [1.807, 2.05) is 30.3 Å². The number of carbonyl (C=O) groups excluding carboxylic acids is 3. The summed E-state index contributed by atoms with van der Waals surface area (Å²) in [5, 5.41) is 24.7. The number of ether oxygens (including phenoxy) is 1. The highest BCUT2D eigenvalue weighted by molar-refractivity contribution is 5.90. The van der Waals surface area contributed by atoms with E-state index in [1.54, 1.807) is 32.9 Å². The molecule has 0 aliphatic rings. The van der Waals surface area contributed by atoms with Crippen molar-refractivity contribution in [2.75, 3.05) is 19.7 Å². The molecule has 0 fully saturated rings. The molecule has 0 saturated carbocycles. The lowest BCUT2D eigenvalue weighted by Crippen LogP contribution is -2.48. The Labute approximate surface area is 193 Å². The summed E-state index contributed by atoms with van der Waals surface area (Å²) >= 11 is 0. The number of hydrogen-bond donors (Lipinski definition) is 4. The molecule has 0 aliphatic heterocycles. The van der Waals surface area contributed by atoms with E-state index in [0.29, 0.717) is 5.56 Å². The van der Waals surface area contributed by atoms with Crippen LogP contribution in [0.25, 0.3) is 0 Å². The molecule has 3 amide bonds. The zero-order valence-corrected chi connectivity index (χ0v) is 19.1. The van der Waals surface area contributed by atoms with Crippen LogP contribution >= 0.6 is 0 Å². The molecular formula is C24H31N3O6. The summed E-state index contributed by atoms with van der Waals surface area (Å²) in [5.41, 5.74) is 0.492. The zero-order valence-electron chi connectivity index (χ0n) is 19.1. The SMILES string of the molecule is CC(C)(C)OC(=O)NCC(=O)N(CCO)C(C(=O)NCc1ccccc1)c1cccc(O)c1. The molecule has 0 spiro atoms. The van der Waals surface area contributed by atoms with Crippen LogP contribution in [0.1, 0.15) is 37.9 Å². The van der Waals surface area contributed by atoms with Crippen LogP contribution in [0, 0.1) is 0 Å². The molecule has 1 unspecified atom stereocenters. The van der Waals surface area contributed by atoms with Crippen LogP contribution in [-0.4, -0.2) is 58.3 Å². The highest BCUT2D eigenvalue weighted by Gasteiger charge is 2.31. The lowest BCUT2D eigenvalue weighted by atomic mass is 10.0. The number of amides is 3. The van der Waals surface area contributed by atoms with Gasteiger partial charge >= 0.3 is 6.09 Å². The van der Waals surface area contributed by atoms with E-state index in [-0.39, 0.29) is 18.8 Å². The summed E-state index contributed by atoms with van der Waals surface area (Å²) in [5.74, 6) is -1.17. The Kier molecular flexibility index (Phi) is 9.23. The molecule has 0 radical (unpaired) electrons. The van der Waals surface area contributed by atoms with Crippen LogP contribution in [0.3, 0.4) is 0 Å². The molecular weight excluding hydrogens is 426 g/mol. The molecule has 2 aromatic carbocycles. The van der Waals surface area contributed by atoms with Crippen molar-refractivity contribution < 1.29 is 29.3 Å². The number of aliphatic hydroxyl groups excluding tert-OH is 1. The molecule has 0 bridgehead atoms. The Balaban J connectivity index is 2.23. The van der Waals surface area contributed by atoms with Gasteiger partial charge in [-0.25, -0.2) is 4.79 Å². The molecule has 4 N–H and O–H groups in total. The van der Waals surface area contributed by atoms with Crippen molar-refractivity contribution in [3.8, 4) is 5.75 Å². The average molecular weight is 458 g/mol. The molecule has 9 nitrogen and oxygen atoms in total. The van der Waals surface area contributed by atoms with E-state index in [1.165, 1.54) is 12.1 Å². The van der Waals surface area contributed by atoms with Crippen LogP contribution in [0.5, 0.6) is 5.75 Å². The van der Waals surface area contributed by atoms with Crippen molar-refractivity contribution in [2.24, 2.45) is 0 Å². The number of nitrogens with one attached hydrogen (secondary N) is 2. The minimum Gasteiger partial charge on any atom is -0.508 e. The number of phenols is 1. The summed E-state index contributed by atoms with van der Waals surface area (Å²) in [6.45, 7) is 4.32. The van der Waals surface area contributed by atoms with Crippen molar-refractivity contribution in [3.63, 3.8) is 0 Å². The zero-order chi connectivity index (χ0) is 24.4. The van der Waals surface area contributed by atoms with Gasteiger partial charge in [0.15, 0.2) is 0 Å². The monoisotopic (exact) mass is 457 g/mol. The first-order valence-corrected chi connectivity index (χ1v) is 10.6. The number of nitrogens with zero attached hydrogens (tertiary/aromatic N) is 1. The number of hydrogen-bond acceptors (Lipinski definition) is 6. The Morgan fingerprint density at radius 2 is 1.73 bits per heavy atom. The van der Waals surface area contributed by atoms with E-state index in [2.05, 4.69) is 10.6 Å². The first-order valence-electron chi connectivity index (χ1n) is 10.6. The smallest absolute Gasteiger partial charge is 0.408 e. The largest absolute Gasteiger partial charge is 0.508 e. The molecule has 0 heterocycles. The van der Waals surface area contributed by atoms with E-state index in [9.17, 15) is 24.6 Å². The van der Waals surface area contributed by atoms with Crippen LogP contribution < -0.4 is 10.6 Å². The fourth-order valence-electron chi connectivity index (χ4n) is 3.12. The summed E-state index contributed by atoms with van der Waals surface area (Å²) < 4.78 is 5.14. The van der Waals surface area contributed by atoms with Gasteiger partial charge in [0.25, 0.3) is 0 Å². The minimum atomic E-state index is -1.14. The van der Waals surface area contributed by atoms with Gasteiger partial charge in [-0.05, 0) is 44.0 Å². The molecule has 33 heavy (non-hydrogen) atoms. The summed E-state index contributed by atoms with van der Waals surface area (Å²) in [7, 11) is 0. The standard InChI is InChI=1S/C24H31N3O6/c1-24(2,3)33-23(32)26-16-20(30)27(12-13-28)21(18-10-7-11-19(29)14-18)22(31)25-15-17-8-5-4-6-9-17/h4-11,14,21,28-29H,12-13,15-16H2,1-3H3,(H,25,31)(H,26,32). The third kappa shape index (κ3) is 8.46. The van der Waals surface area contributed by atoms with Crippen molar-refractivity contribution in [1.29, 1.82) is 0 Å². The van der Waals surface area contributed by atoms with Crippen molar-refractivity contribution >= 4 is 17.9 Å². The maximum Gasteiger partial charge on any atom is 0.408 e. The van der Waals surface area contributed by atoms with Crippen molar-refractivity contribution in [2.45, 2.75) is 39.0 Å². The molecule has 9 heteroatoms. The van der Waals surface area contributed by atoms with Crippen molar-refractivity contribution in [1.82, 2.24) is 15.5 Å². The van der Waals surface area contributed by atoms with Crippen LogP contribution in [0.2, 0.25) is 0 Å².